The van der Waals surface area contributed by atoms with E-state index in [4.69, 9.17) is 5.73 Å². The third kappa shape index (κ3) is 3.38. The molecule has 2 rings (SSSR count). The first-order valence-electron chi connectivity index (χ1n) is 5.64. The third-order valence-corrected chi connectivity index (χ3v) is 4.26. The van der Waals surface area contributed by atoms with Gasteiger partial charge in [0.15, 0.2) is 0 Å². The number of carbonyl (C=O) groups excluding carboxylic acids is 1. The summed E-state index contributed by atoms with van der Waals surface area (Å²) in [6, 6.07) is 3.20. The van der Waals surface area contributed by atoms with Gasteiger partial charge in [-0.3, -0.25) is 4.79 Å². The van der Waals surface area contributed by atoms with Crippen molar-refractivity contribution in [1.82, 2.24) is 10.3 Å². The molecule has 0 saturated heterocycles. The van der Waals surface area contributed by atoms with Crippen LogP contribution < -0.4 is 11.1 Å². The minimum absolute atomic E-state index is 0.135. The van der Waals surface area contributed by atoms with Gasteiger partial charge in [0.1, 0.15) is 6.04 Å². The van der Waals surface area contributed by atoms with Crippen molar-refractivity contribution in [1.29, 1.82) is 0 Å². The molecule has 1 atom stereocenters. The number of carbonyl (C=O) groups is 1. The Balaban J connectivity index is 1.78. The molecule has 6 heteroatoms. The molecule has 0 radical (unpaired) electrons. The Bertz CT molecular complexity index is 507. The predicted molar refractivity (Wildman–Crippen MR) is 74.8 cm³/mol. The molecular formula is C12H15N3OS2. The Morgan fingerprint density at radius 3 is 3.00 bits per heavy atom. The number of nitrogens with two attached hydrogens (primary N) is 1. The Hall–Kier alpha value is -1.24. The van der Waals surface area contributed by atoms with Gasteiger partial charge < -0.3 is 11.1 Å². The molecule has 0 aliphatic heterocycles. The SMILES string of the molecule is Cc1nc(CCNC(=O)C(N)c2cccs2)cs1. The number of hydrogen-bond donors (Lipinski definition) is 2. The van der Waals surface area contributed by atoms with Crippen LogP contribution in [-0.2, 0) is 11.2 Å². The quantitative estimate of drug-likeness (QED) is 0.879. The van der Waals surface area contributed by atoms with E-state index in [2.05, 4.69) is 10.3 Å². The third-order valence-electron chi connectivity index (χ3n) is 2.48. The summed E-state index contributed by atoms with van der Waals surface area (Å²) in [5.41, 5.74) is 6.87. The second-order valence-electron chi connectivity index (χ2n) is 3.89. The molecule has 0 saturated carbocycles. The lowest BCUT2D eigenvalue weighted by atomic mass is 10.2. The Morgan fingerprint density at radius 2 is 2.39 bits per heavy atom. The van der Waals surface area contributed by atoms with Crippen LogP contribution in [0, 0.1) is 6.92 Å². The number of thiophene rings is 1. The van der Waals surface area contributed by atoms with E-state index in [9.17, 15) is 4.79 Å². The molecule has 2 heterocycles. The summed E-state index contributed by atoms with van der Waals surface area (Å²) in [4.78, 5) is 17.0. The van der Waals surface area contributed by atoms with Gasteiger partial charge in [-0.05, 0) is 18.4 Å². The maximum Gasteiger partial charge on any atom is 0.242 e. The van der Waals surface area contributed by atoms with Crippen LogP contribution in [0.3, 0.4) is 0 Å². The van der Waals surface area contributed by atoms with Crippen LogP contribution in [0.25, 0.3) is 0 Å². The zero-order valence-electron chi connectivity index (χ0n) is 10.1. The monoisotopic (exact) mass is 281 g/mol. The molecule has 3 N–H and O–H groups in total. The van der Waals surface area contributed by atoms with Gasteiger partial charge in [-0.25, -0.2) is 4.98 Å². The second-order valence-corrected chi connectivity index (χ2v) is 5.93. The molecule has 18 heavy (non-hydrogen) atoms. The lowest BCUT2D eigenvalue weighted by molar-refractivity contribution is -0.122. The number of amides is 1. The minimum atomic E-state index is -0.567. The van der Waals surface area contributed by atoms with Gasteiger partial charge in [-0.2, -0.15) is 0 Å². The van der Waals surface area contributed by atoms with E-state index in [-0.39, 0.29) is 5.91 Å². The molecule has 1 amide bonds. The molecule has 0 spiro atoms. The van der Waals surface area contributed by atoms with Crippen LogP contribution in [0.5, 0.6) is 0 Å². The van der Waals surface area contributed by atoms with Gasteiger partial charge >= 0.3 is 0 Å². The number of rotatable bonds is 5. The summed E-state index contributed by atoms with van der Waals surface area (Å²) in [5.74, 6) is -0.135. The summed E-state index contributed by atoms with van der Waals surface area (Å²) < 4.78 is 0. The predicted octanol–water partition coefficient (Wildman–Crippen LogP) is 1.87. The van der Waals surface area contributed by atoms with Gasteiger partial charge in [0.25, 0.3) is 0 Å². The van der Waals surface area contributed by atoms with Crippen molar-refractivity contribution in [2.75, 3.05) is 6.54 Å². The summed E-state index contributed by atoms with van der Waals surface area (Å²) in [6.07, 6.45) is 0.743. The molecule has 0 fully saturated rings. The van der Waals surface area contributed by atoms with E-state index in [0.29, 0.717) is 6.54 Å². The first-order chi connectivity index (χ1) is 8.66. The van der Waals surface area contributed by atoms with E-state index < -0.39 is 6.04 Å². The maximum absolute atomic E-state index is 11.8. The number of aromatic nitrogens is 1. The Kier molecular flexibility index (Phi) is 4.46. The second kappa shape index (κ2) is 6.08. The highest BCUT2D eigenvalue weighted by Crippen LogP contribution is 2.16. The Labute approximate surface area is 114 Å². The van der Waals surface area contributed by atoms with E-state index in [1.54, 1.807) is 11.3 Å². The van der Waals surface area contributed by atoms with Crippen LogP contribution in [-0.4, -0.2) is 17.4 Å². The molecule has 0 aromatic carbocycles. The highest BCUT2D eigenvalue weighted by Gasteiger charge is 2.15. The molecule has 2 aromatic rings. The van der Waals surface area contributed by atoms with Gasteiger partial charge in [0.05, 0.1) is 10.7 Å². The van der Waals surface area contributed by atoms with Crippen molar-refractivity contribution in [2.24, 2.45) is 5.73 Å². The van der Waals surface area contributed by atoms with Crippen molar-refractivity contribution >= 4 is 28.6 Å². The lowest BCUT2D eigenvalue weighted by Crippen LogP contribution is -2.34. The van der Waals surface area contributed by atoms with Crippen molar-refractivity contribution in [3.8, 4) is 0 Å². The first-order valence-corrected chi connectivity index (χ1v) is 7.40. The van der Waals surface area contributed by atoms with E-state index in [1.165, 1.54) is 11.3 Å². The Morgan fingerprint density at radius 1 is 1.56 bits per heavy atom. The number of aryl methyl sites for hydroxylation is 1. The van der Waals surface area contributed by atoms with Crippen molar-refractivity contribution < 1.29 is 4.79 Å². The smallest absolute Gasteiger partial charge is 0.242 e. The first kappa shape index (κ1) is 13.2. The molecule has 1 unspecified atom stereocenters. The molecular weight excluding hydrogens is 266 g/mol. The van der Waals surface area contributed by atoms with E-state index in [0.717, 1.165) is 22.0 Å². The van der Waals surface area contributed by atoms with Crippen LogP contribution in [0.15, 0.2) is 22.9 Å². The standard InChI is InChI=1S/C12H15N3OS2/c1-8-15-9(7-18-8)4-5-14-12(16)11(13)10-3-2-6-17-10/h2-3,6-7,11H,4-5,13H2,1H3,(H,14,16). The van der Waals surface area contributed by atoms with E-state index in [1.807, 2.05) is 29.8 Å². The zero-order valence-corrected chi connectivity index (χ0v) is 11.7. The van der Waals surface area contributed by atoms with Crippen LogP contribution in [0.4, 0.5) is 0 Å². The number of nitrogens with zero attached hydrogens (tertiary/aromatic N) is 1. The number of thiazole rings is 1. The fourth-order valence-corrected chi connectivity index (χ4v) is 2.92. The molecule has 4 nitrogen and oxygen atoms in total. The van der Waals surface area contributed by atoms with Crippen molar-refractivity contribution in [3.05, 3.63) is 38.5 Å². The summed E-state index contributed by atoms with van der Waals surface area (Å²) in [5, 5.41) is 7.82. The molecule has 2 aromatic heterocycles. The van der Waals surface area contributed by atoms with Gasteiger partial charge in [-0.1, -0.05) is 6.07 Å². The number of nitrogens with one attached hydrogen (secondary N) is 1. The van der Waals surface area contributed by atoms with E-state index >= 15 is 0 Å². The summed E-state index contributed by atoms with van der Waals surface area (Å²) in [7, 11) is 0. The molecule has 0 aliphatic carbocycles. The van der Waals surface area contributed by atoms with Gasteiger partial charge in [0.2, 0.25) is 5.91 Å². The van der Waals surface area contributed by atoms with Crippen molar-refractivity contribution in [3.63, 3.8) is 0 Å². The largest absolute Gasteiger partial charge is 0.354 e. The zero-order chi connectivity index (χ0) is 13.0. The summed E-state index contributed by atoms with van der Waals surface area (Å²) in [6.45, 7) is 2.54. The summed E-state index contributed by atoms with van der Waals surface area (Å²) >= 11 is 3.12. The van der Waals surface area contributed by atoms with Crippen LogP contribution in [0.2, 0.25) is 0 Å². The average Bonchev–Trinajstić information content (AvgIpc) is 2.99. The maximum atomic E-state index is 11.8. The minimum Gasteiger partial charge on any atom is -0.354 e. The fraction of sp³-hybridized carbons (Fsp3) is 0.333. The normalized spacial score (nSPS) is 12.3. The number of hydrogen-bond acceptors (Lipinski definition) is 5. The lowest BCUT2D eigenvalue weighted by Gasteiger charge is -2.09. The van der Waals surface area contributed by atoms with Gasteiger partial charge in [-0.15, -0.1) is 22.7 Å². The van der Waals surface area contributed by atoms with Crippen molar-refractivity contribution in [2.45, 2.75) is 19.4 Å². The van der Waals surface area contributed by atoms with Crippen LogP contribution >= 0.6 is 22.7 Å². The molecule has 0 aliphatic rings. The van der Waals surface area contributed by atoms with Gasteiger partial charge in [0, 0.05) is 23.2 Å². The highest BCUT2D eigenvalue weighted by atomic mass is 32.1. The van der Waals surface area contributed by atoms with Crippen LogP contribution in [0.1, 0.15) is 21.6 Å². The average molecular weight is 281 g/mol. The highest BCUT2D eigenvalue weighted by molar-refractivity contribution is 7.10. The molecule has 0 bridgehead atoms. The molecule has 96 valence electrons. The topological polar surface area (TPSA) is 68.0 Å². The fourth-order valence-electron chi connectivity index (χ4n) is 1.54.